The quantitative estimate of drug-likeness (QED) is 0.822. The summed E-state index contributed by atoms with van der Waals surface area (Å²) in [6.45, 7) is 4.54. The Bertz CT molecular complexity index is 624. The van der Waals surface area contributed by atoms with E-state index in [4.69, 9.17) is 9.84 Å². The number of carbonyl (C=O) groups is 1. The molecule has 0 atom stereocenters. The first-order chi connectivity index (χ1) is 9.43. The standard InChI is InChI=1S/C13H17N3O3S/c1-13(2,19-3)8-16-10-4-5-14-6-9(10)15-12(16)20-7-11(17)18/h4-6H,7-8H2,1-3H3,(H,17,18). The number of ether oxygens (including phenoxy) is 1. The Morgan fingerprint density at radius 1 is 1.55 bits per heavy atom. The maximum Gasteiger partial charge on any atom is 0.313 e. The van der Waals surface area contributed by atoms with Crippen molar-refractivity contribution in [1.82, 2.24) is 14.5 Å². The van der Waals surface area contributed by atoms with Crippen LogP contribution in [0.1, 0.15) is 13.8 Å². The lowest BCUT2D eigenvalue weighted by molar-refractivity contribution is -0.133. The van der Waals surface area contributed by atoms with Gasteiger partial charge in [-0.15, -0.1) is 0 Å². The van der Waals surface area contributed by atoms with Crippen LogP contribution in [-0.2, 0) is 16.1 Å². The second kappa shape index (κ2) is 5.80. The second-order valence-corrected chi connectivity index (χ2v) is 5.93. The normalized spacial score (nSPS) is 11.9. The molecular formula is C13H17N3O3S. The van der Waals surface area contributed by atoms with Crippen LogP contribution in [0.2, 0.25) is 0 Å². The van der Waals surface area contributed by atoms with Gasteiger partial charge in [0, 0.05) is 13.3 Å². The molecule has 0 saturated carbocycles. The highest BCUT2D eigenvalue weighted by Gasteiger charge is 2.22. The number of hydrogen-bond acceptors (Lipinski definition) is 5. The van der Waals surface area contributed by atoms with Crippen LogP contribution in [0.4, 0.5) is 0 Å². The lowest BCUT2D eigenvalue weighted by Crippen LogP contribution is -2.29. The number of imidazole rings is 1. The average molecular weight is 295 g/mol. The van der Waals surface area contributed by atoms with Crippen LogP contribution in [0.3, 0.4) is 0 Å². The summed E-state index contributed by atoms with van der Waals surface area (Å²) in [6.07, 6.45) is 3.38. The Hall–Kier alpha value is -1.60. The molecule has 0 radical (unpaired) electrons. The fourth-order valence-corrected chi connectivity index (χ4v) is 2.53. The number of carboxylic acid groups (broad SMARTS) is 1. The molecule has 0 aromatic carbocycles. The van der Waals surface area contributed by atoms with Crippen LogP contribution in [0.25, 0.3) is 11.0 Å². The van der Waals surface area contributed by atoms with Gasteiger partial charge >= 0.3 is 5.97 Å². The van der Waals surface area contributed by atoms with Crippen LogP contribution in [0.15, 0.2) is 23.6 Å². The van der Waals surface area contributed by atoms with E-state index in [-0.39, 0.29) is 11.4 Å². The summed E-state index contributed by atoms with van der Waals surface area (Å²) in [5.74, 6) is -0.887. The molecule has 0 bridgehead atoms. The molecule has 2 aromatic heterocycles. The van der Waals surface area contributed by atoms with E-state index in [1.807, 2.05) is 24.5 Å². The summed E-state index contributed by atoms with van der Waals surface area (Å²) in [6, 6.07) is 1.87. The number of carboxylic acids is 1. The molecule has 108 valence electrons. The predicted octanol–water partition coefficient (Wildman–Crippen LogP) is 2.03. The lowest BCUT2D eigenvalue weighted by Gasteiger charge is -2.24. The van der Waals surface area contributed by atoms with Gasteiger partial charge in [-0.25, -0.2) is 4.98 Å². The van der Waals surface area contributed by atoms with Gasteiger partial charge in [0.2, 0.25) is 0 Å². The third-order valence-corrected chi connectivity index (χ3v) is 3.89. The van der Waals surface area contributed by atoms with Gasteiger partial charge in [0.15, 0.2) is 5.16 Å². The molecule has 0 spiro atoms. The zero-order chi connectivity index (χ0) is 14.8. The van der Waals surface area contributed by atoms with Gasteiger partial charge in [0.1, 0.15) is 5.52 Å². The highest BCUT2D eigenvalue weighted by atomic mass is 32.2. The third-order valence-electron chi connectivity index (χ3n) is 2.93. The van der Waals surface area contributed by atoms with Gasteiger partial charge in [-0.3, -0.25) is 9.78 Å². The van der Waals surface area contributed by atoms with Crippen molar-refractivity contribution in [1.29, 1.82) is 0 Å². The van der Waals surface area contributed by atoms with Crippen molar-refractivity contribution < 1.29 is 14.6 Å². The Morgan fingerprint density at radius 2 is 2.30 bits per heavy atom. The maximum atomic E-state index is 10.7. The van der Waals surface area contributed by atoms with Gasteiger partial charge in [0.25, 0.3) is 0 Å². The number of methoxy groups -OCH3 is 1. The number of aromatic nitrogens is 3. The molecule has 1 N–H and O–H groups in total. The smallest absolute Gasteiger partial charge is 0.313 e. The molecule has 7 heteroatoms. The molecule has 0 amide bonds. The van der Waals surface area contributed by atoms with Crippen molar-refractivity contribution >= 4 is 28.8 Å². The van der Waals surface area contributed by atoms with E-state index in [1.165, 1.54) is 11.8 Å². The molecule has 6 nitrogen and oxygen atoms in total. The van der Waals surface area contributed by atoms with E-state index >= 15 is 0 Å². The van der Waals surface area contributed by atoms with Crippen molar-refractivity contribution in [2.75, 3.05) is 12.9 Å². The minimum Gasteiger partial charge on any atom is -0.481 e. The average Bonchev–Trinajstić information content (AvgIpc) is 2.74. The molecule has 2 aromatic rings. The monoisotopic (exact) mass is 295 g/mol. The zero-order valence-electron chi connectivity index (χ0n) is 11.7. The van der Waals surface area contributed by atoms with Crippen LogP contribution in [0, 0.1) is 0 Å². The van der Waals surface area contributed by atoms with Crippen molar-refractivity contribution in [3.8, 4) is 0 Å². The fraction of sp³-hybridized carbons (Fsp3) is 0.462. The Morgan fingerprint density at radius 3 is 2.95 bits per heavy atom. The highest BCUT2D eigenvalue weighted by Crippen LogP contribution is 2.26. The van der Waals surface area contributed by atoms with E-state index in [1.54, 1.807) is 19.5 Å². The number of fused-ring (bicyclic) bond motifs is 1. The summed E-state index contributed by atoms with van der Waals surface area (Å²) < 4.78 is 7.43. The summed E-state index contributed by atoms with van der Waals surface area (Å²) in [7, 11) is 1.66. The molecule has 0 aliphatic carbocycles. The number of hydrogen-bond donors (Lipinski definition) is 1. The number of thioether (sulfide) groups is 1. The molecule has 20 heavy (non-hydrogen) atoms. The first-order valence-electron chi connectivity index (χ1n) is 6.13. The van der Waals surface area contributed by atoms with E-state index in [2.05, 4.69) is 9.97 Å². The van der Waals surface area contributed by atoms with Crippen molar-refractivity contribution in [2.24, 2.45) is 0 Å². The summed E-state index contributed by atoms with van der Waals surface area (Å²) >= 11 is 1.20. The van der Waals surface area contributed by atoms with E-state index in [0.29, 0.717) is 11.7 Å². The van der Waals surface area contributed by atoms with Crippen LogP contribution in [-0.4, -0.2) is 44.1 Å². The van der Waals surface area contributed by atoms with Crippen molar-refractivity contribution in [2.45, 2.75) is 31.1 Å². The molecule has 0 fully saturated rings. The molecule has 2 rings (SSSR count). The molecule has 0 unspecified atom stereocenters. The van der Waals surface area contributed by atoms with Crippen LogP contribution < -0.4 is 0 Å². The van der Waals surface area contributed by atoms with Crippen molar-refractivity contribution in [3.05, 3.63) is 18.5 Å². The Labute approximate surface area is 121 Å². The molecular weight excluding hydrogens is 278 g/mol. The predicted molar refractivity (Wildman–Crippen MR) is 77.0 cm³/mol. The van der Waals surface area contributed by atoms with E-state index < -0.39 is 5.97 Å². The Kier molecular flexibility index (Phi) is 4.29. The molecule has 2 heterocycles. The van der Waals surface area contributed by atoms with E-state index in [0.717, 1.165) is 11.0 Å². The van der Waals surface area contributed by atoms with Crippen molar-refractivity contribution in [3.63, 3.8) is 0 Å². The SMILES string of the molecule is COC(C)(C)Cn1c(SCC(=O)O)nc2cnccc21. The molecule has 0 saturated heterocycles. The van der Waals surface area contributed by atoms with Crippen LogP contribution in [0.5, 0.6) is 0 Å². The minimum absolute atomic E-state index is 0.0236. The second-order valence-electron chi connectivity index (χ2n) is 4.99. The largest absolute Gasteiger partial charge is 0.481 e. The first-order valence-corrected chi connectivity index (χ1v) is 7.11. The maximum absolute atomic E-state index is 10.7. The summed E-state index contributed by atoms with van der Waals surface area (Å²) in [5.41, 5.74) is 1.32. The number of aliphatic carboxylic acids is 1. The number of pyridine rings is 1. The number of nitrogens with zero attached hydrogens (tertiary/aromatic N) is 3. The van der Waals surface area contributed by atoms with Gasteiger partial charge < -0.3 is 14.4 Å². The van der Waals surface area contributed by atoms with Gasteiger partial charge in [-0.05, 0) is 19.9 Å². The zero-order valence-corrected chi connectivity index (χ0v) is 12.5. The summed E-state index contributed by atoms with van der Waals surface area (Å²) in [4.78, 5) is 19.2. The van der Waals surface area contributed by atoms with Gasteiger partial charge in [-0.1, -0.05) is 11.8 Å². The fourth-order valence-electron chi connectivity index (χ4n) is 1.79. The van der Waals surface area contributed by atoms with Gasteiger partial charge in [-0.2, -0.15) is 0 Å². The topological polar surface area (TPSA) is 77.2 Å². The first kappa shape index (κ1) is 14.8. The van der Waals surface area contributed by atoms with Crippen LogP contribution >= 0.6 is 11.8 Å². The third kappa shape index (κ3) is 3.29. The molecule has 0 aliphatic rings. The molecule has 0 aliphatic heterocycles. The van der Waals surface area contributed by atoms with E-state index in [9.17, 15) is 4.79 Å². The highest BCUT2D eigenvalue weighted by molar-refractivity contribution is 7.99. The summed E-state index contributed by atoms with van der Waals surface area (Å²) in [5, 5.41) is 9.49. The lowest BCUT2D eigenvalue weighted by atomic mass is 10.1. The van der Waals surface area contributed by atoms with Gasteiger partial charge in [0.05, 0.1) is 29.6 Å². The minimum atomic E-state index is -0.863. The number of rotatable bonds is 6. The Balaban J connectivity index is 2.41.